The number of para-hydroxylation sites is 1. The molecule has 148 valence electrons. The molecule has 1 amide bonds. The summed E-state index contributed by atoms with van der Waals surface area (Å²) in [6.45, 7) is 0.594. The number of carbonyl (C=O) groups excluding carboxylic acids is 1. The van der Waals surface area contributed by atoms with E-state index >= 15 is 0 Å². The van der Waals surface area contributed by atoms with Gasteiger partial charge in [-0.3, -0.25) is 4.79 Å². The summed E-state index contributed by atoms with van der Waals surface area (Å²) in [6.07, 6.45) is 2.57. The number of rotatable bonds is 7. The highest BCUT2D eigenvalue weighted by Gasteiger charge is 2.23. The first kappa shape index (κ1) is 20.4. The number of carbonyl (C=O) groups is 1. The SMILES string of the molecule is CS(=O)(=O)Cc1c(C(=O)NCCNc2ncc(Cl)cc2Cl)oc2ccccc12. The van der Waals surface area contributed by atoms with Crippen molar-refractivity contribution in [1.82, 2.24) is 10.3 Å². The van der Waals surface area contributed by atoms with Crippen LogP contribution in [0.25, 0.3) is 11.0 Å². The molecule has 28 heavy (non-hydrogen) atoms. The van der Waals surface area contributed by atoms with Crippen LogP contribution in [0.5, 0.6) is 0 Å². The summed E-state index contributed by atoms with van der Waals surface area (Å²) in [5.41, 5.74) is 0.813. The largest absolute Gasteiger partial charge is 0.451 e. The minimum atomic E-state index is -3.35. The van der Waals surface area contributed by atoms with Crippen LogP contribution in [0.4, 0.5) is 5.82 Å². The molecule has 0 radical (unpaired) electrons. The zero-order chi connectivity index (χ0) is 20.3. The molecule has 0 spiro atoms. The number of nitrogens with zero attached hydrogens (tertiary/aromatic N) is 1. The summed E-state index contributed by atoms with van der Waals surface area (Å²) in [7, 11) is -3.35. The first-order chi connectivity index (χ1) is 13.2. The third-order valence-electron chi connectivity index (χ3n) is 3.82. The molecule has 3 rings (SSSR count). The molecule has 0 bridgehead atoms. The lowest BCUT2D eigenvalue weighted by Gasteiger charge is -2.08. The predicted octanol–water partition coefficient (Wildman–Crippen LogP) is 3.52. The predicted molar refractivity (Wildman–Crippen MR) is 110 cm³/mol. The molecule has 0 saturated heterocycles. The maximum absolute atomic E-state index is 12.6. The van der Waals surface area contributed by atoms with Crippen LogP contribution in [0.3, 0.4) is 0 Å². The van der Waals surface area contributed by atoms with E-state index in [0.29, 0.717) is 38.9 Å². The van der Waals surface area contributed by atoms with E-state index < -0.39 is 15.7 Å². The molecule has 1 aromatic carbocycles. The summed E-state index contributed by atoms with van der Waals surface area (Å²) in [4.78, 5) is 16.6. The van der Waals surface area contributed by atoms with Crippen LogP contribution in [-0.4, -0.2) is 38.7 Å². The number of hydrogen-bond acceptors (Lipinski definition) is 6. The van der Waals surface area contributed by atoms with Crippen molar-refractivity contribution >= 4 is 55.7 Å². The number of sulfone groups is 1. The molecule has 2 aromatic heterocycles. The Balaban J connectivity index is 1.70. The Morgan fingerprint density at radius 2 is 1.96 bits per heavy atom. The van der Waals surface area contributed by atoms with Crippen molar-refractivity contribution in [2.75, 3.05) is 24.7 Å². The summed E-state index contributed by atoms with van der Waals surface area (Å²) in [6, 6.07) is 8.49. The maximum atomic E-state index is 12.6. The number of amides is 1. The van der Waals surface area contributed by atoms with Gasteiger partial charge < -0.3 is 15.1 Å². The van der Waals surface area contributed by atoms with Gasteiger partial charge in [-0.1, -0.05) is 41.4 Å². The minimum absolute atomic E-state index is 0.00530. The number of benzene rings is 1. The van der Waals surface area contributed by atoms with Gasteiger partial charge in [-0.15, -0.1) is 0 Å². The highest BCUT2D eigenvalue weighted by Crippen LogP contribution is 2.27. The zero-order valence-electron chi connectivity index (χ0n) is 14.8. The van der Waals surface area contributed by atoms with Gasteiger partial charge in [0, 0.05) is 36.5 Å². The maximum Gasteiger partial charge on any atom is 0.287 e. The average Bonchev–Trinajstić information content (AvgIpc) is 2.97. The Labute approximate surface area is 172 Å². The quantitative estimate of drug-likeness (QED) is 0.543. The fourth-order valence-corrected chi connectivity index (χ4v) is 3.93. The summed E-state index contributed by atoms with van der Waals surface area (Å²) in [5.74, 6) is -0.335. The molecule has 0 saturated carbocycles. The lowest BCUT2D eigenvalue weighted by atomic mass is 10.1. The molecule has 7 nitrogen and oxygen atoms in total. The van der Waals surface area contributed by atoms with Gasteiger partial charge in [0.15, 0.2) is 15.6 Å². The van der Waals surface area contributed by atoms with E-state index in [0.717, 1.165) is 6.26 Å². The Morgan fingerprint density at radius 1 is 1.21 bits per heavy atom. The van der Waals surface area contributed by atoms with Crippen molar-refractivity contribution < 1.29 is 17.6 Å². The van der Waals surface area contributed by atoms with Crippen LogP contribution >= 0.6 is 23.2 Å². The second-order valence-electron chi connectivity index (χ2n) is 6.14. The molecule has 0 aliphatic heterocycles. The average molecular weight is 442 g/mol. The summed E-state index contributed by atoms with van der Waals surface area (Å²) < 4.78 is 29.2. The molecular weight excluding hydrogens is 425 g/mol. The Hall–Kier alpha value is -2.29. The monoisotopic (exact) mass is 441 g/mol. The lowest BCUT2D eigenvalue weighted by molar-refractivity contribution is 0.0928. The van der Waals surface area contributed by atoms with Crippen LogP contribution in [0.15, 0.2) is 40.9 Å². The van der Waals surface area contributed by atoms with Crippen molar-refractivity contribution in [3.63, 3.8) is 0 Å². The van der Waals surface area contributed by atoms with Gasteiger partial charge in [0.2, 0.25) is 0 Å². The van der Waals surface area contributed by atoms with Crippen LogP contribution in [-0.2, 0) is 15.6 Å². The lowest BCUT2D eigenvalue weighted by Crippen LogP contribution is -2.29. The summed E-state index contributed by atoms with van der Waals surface area (Å²) >= 11 is 11.8. The van der Waals surface area contributed by atoms with Crippen molar-refractivity contribution in [2.24, 2.45) is 0 Å². The van der Waals surface area contributed by atoms with E-state index in [9.17, 15) is 13.2 Å². The number of nitrogens with one attached hydrogen (secondary N) is 2. The van der Waals surface area contributed by atoms with Gasteiger partial charge in [-0.05, 0) is 12.1 Å². The van der Waals surface area contributed by atoms with E-state index in [1.54, 1.807) is 30.3 Å². The Bertz CT molecular complexity index is 1130. The van der Waals surface area contributed by atoms with Crippen LogP contribution < -0.4 is 10.6 Å². The van der Waals surface area contributed by atoms with Crippen LogP contribution in [0.1, 0.15) is 16.1 Å². The minimum Gasteiger partial charge on any atom is -0.451 e. The second-order valence-corrected chi connectivity index (χ2v) is 9.13. The number of furan rings is 1. The topological polar surface area (TPSA) is 101 Å². The first-order valence-electron chi connectivity index (χ1n) is 8.26. The molecule has 0 unspecified atom stereocenters. The molecule has 3 aromatic rings. The van der Waals surface area contributed by atoms with Gasteiger partial charge >= 0.3 is 0 Å². The number of hydrogen-bond donors (Lipinski definition) is 2. The second kappa shape index (κ2) is 8.38. The first-order valence-corrected chi connectivity index (χ1v) is 11.1. The molecule has 0 atom stereocenters. The highest BCUT2D eigenvalue weighted by molar-refractivity contribution is 7.89. The van der Waals surface area contributed by atoms with E-state index in [2.05, 4.69) is 15.6 Å². The van der Waals surface area contributed by atoms with Crippen molar-refractivity contribution in [2.45, 2.75) is 5.75 Å². The molecule has 0 aliphatic rings. The van der Waals surface area contributed by atoms with Crippen LogP contribution in [0, 0.1) is 0 Å². The molecular formula is C18H17Cl2N3O4S. The molecule has 2 heterocycles. The van der Waals surface area contributed by atoms with E-state index in [4.69, 9.17) is 27.6 Å². The smallest absolute Gasteiger partial charge is 0.287 e. The van der Waals surface area contributed by atoms with Gasteiger partial charge in [0.25, 0.3) is 5.91 Å². The van der Waals surface area contributed by atoms with Gasteiger partial charge in [0.1, 0.15) is 11.4 Å². The third-order valence-corrected chi connectivity index (χ3v) is 5.13. The van der Waals surface area contributed by atoms with Crippen molar-refractivity contribution in [1.29, 1.82) is 0 Å². The van der Waals surface area contributed by atoms with Gasteiger partial charge in [-0.2, -0.15) is 0 Å². The molecule has 0 aliphatic carbocycles. The normalized spacial score (nSPS) is 11.5. The number of halogens is 2. The van der Waals surface area contributed by atoms with Gasteiger partial charge in [-0.25, -0.2) is 13.4 Å². The van der Waals surface area contributed by atoms with Crippen LogP contribution in [0.2, 0.25) is 10.0 Å². The number of aromatic nitrogens is 1. The fourth-order valence-electron chi connectivity index (χ4n) is 2.67. The highest BCUT2D eigenvalue weighted by atomic mass is 35.5. The standard InChI is InChI=1S/C18H17Cl2N3O4S/c1-28(25,26)10-13-12-4-2-3-5-15(12)27-16(13)18(24)22-7-6-21-17-14(20)8-11(19)9-23-17/h2-5,8-9H,6-7,10H2,1H3,(H,21,23)(H,22,24). The summed E-state index contributed by atoms with van der Waals surface area (Å²) in [5, 5.41) is 7.08. The Morgan fingerprint density at radius 3 is 2.68 bits per heavy atom. The van der Waals surface area contributed by atoms with Crippen molar-refractivity contribution in [3.05, 3.63) is 57.9 Å². The van der Waals surface area contributed by atoms with E-state index in [-0.39, 0.29) is 18.1 Å². The van der Waals surface area contributed by atoms with Crippen molar-refractivity contribution in [3.8, 4) is 0 Å². The van der Waals surface area contributed by atoms with E-state index in [1.807, 2.05) is 0 Å². The third kappa shape index (κ3) is 4.95. The van der Waals surface area contributed by atoms with Gasteiger partial charge in [0.05, 0.1) is 15.8 Å². The zero-order valence-corrected chi connectivity index (χ0v) is 17.2. The molecule has 0 fully saturated rings. The number of pyridine rings is 1. The molecule has 10 heteroatoms. The number of fused-ring (bicyclic) bond motifs is 1. The number of anilines is 1. The fraction of sp³-hybridized carbons (Fsp3) is 0.222. The van der Waals surface area contributed by atoms with E-state index in [1.165, 1.54) is 6.20 Å². The Kier molecular flexibility index (Phi) is 6.12. The molecule has 2 N–H and O–H groups in total.